The van der Waals surface area contributed by atoms with Crippen LogP contribution in [0.25, 0.3) is 11.0 Å². The predicted molar refractivity (Wildman–Crippen MR) is 92.7 cm³/mol. The Bertz CT molecular complexity index is 925. The van der Waals surface area contributed by atoms with Crippen molar-refractivity contribution < 1.29 is 9.47 Å². The number of hydrogen-bond acceptors (Lipinski definition) is 6. The van der Waals surface area contributed by atoms with Crippen molar-refractivity contribution in [3.63, 3.8) is 0 Å². The molecule has 122 valence electrons. The number of guanidine groups is 1. The van der Waals surface area contributed by atoms with Gasteiger partial charge >= 0.3 is 0 Å². The number of para-hydroxylation sites is 2. The van der Waals surface area contributed by atoms with E-state index in [9.17, 15) is 0 Å². The van der Waals surface area contributed by atoms with Crippen LogP contribution < -0.4 is 20.5 Å². The van der Waals surface area contributed by atoms with Crippen molar-refractivity contribution >= 4 is 22.9 Å². The second-order valence-corrected chi connectivity index (χ2v) is 5.45. The fourth-order valence-electron chi connectivity index (χ4n) is 2.92. The molecule has 24 heavy (non-hydrogen) atoms. The third kappa shape index (κ3) is 2.21. The first-order valence-electron chi connectivity index (χ1n) is 7.50. The van der Waals surface area contributed by atoms with E-state index >= 15 is 0 Å². The van der Waals surface area contributed by atoms with Gasteiger partial charge in [0.05, 0.1) is 25.3 Å². The lowest BCUT2D eigenvalue weighted by Gasteiger charge is -2.24. The van der Waals surface area contributed by atoms with Gasteiger partial charge in [0.25, 0.3) is 0 Å². The van der Waals surface area contributed by atoms with E-state index in [2.05, 4.69) is 15.3 Å². The summed E-state index contributed by atoms with van der Waals surface area (Å²) in [6, 6.07) is 13.6. The summed E-state index contributed by atoms with van der Waals surface area (Å²) < 4.78 is 12.8. The minimum absolute atomic E-state index is 0.324. The molecule has 2 heterocycles. The van der Waals surface area contributed by atoms with E-state index in [-0.39, 0.29) is 6.17 Å². The van der Waals surface area contributed by atoms with Crippen LogP contribution in [-0.2, 0) is 0 Å². The van der Waals surface area contributed by atoms with Crippen LogP contribution in [0.2, 0.25) is 0 Å². The van der Waals surface area contributed by atoms with Crippen LogP contribution in [0, 0.1) is 0 Å². The van der Waals surface area contributed by atoms with E-state index in [1.165, 1.54) is 0 Å². The molecule has 7 nitrogen and oxygen atoms in total. The van der Waals surface area contributed by atoms with Crippen molar-refractivity contribution in [1.29, 1.82) is 0 Å². The molecule has 1 aromatic heterocycles. The highest BCUT2D eigenvalue weighted by molar-refractivity contribution is 5.94. The third-order valence-electron chi connectivity index (χ3n) is 4.01. The molecular formula is C17H17N5O2. The van der Waals surface area contributed by atoms with E-state index in [1.54, 1.807) is 14.2 Å². The van der Waals surface area contributed by atoms with Gasteiger partial charge in [-0.1, -0.05) is 12.1 Å². The third-order valence-corrected chi connectivity index (χ3v) is 4.01. The van der Waals surface area contributed by atoms with Gasteiger partial charge in [0, 0.05) is 11.6 Å². The molecule has 0 spiro atoms. The number of nitrogens with one attached hydrogen (secondary N) is 1. The van der Waals surface area contributed by atoms with E-state index in [0.29, 0.717) is 23.4 Å². The van der Waals surface area contributed by atoms with Crippen molar-refractivity contribution in [3.05, 3.63) is 48.0 Å². The van der Waals surface area contributed by atoms with Gasteiger partial charge in [-0.2, -0.15) is 0 Å². The predicted octanol–water partition coefficient (Wildman–Crippen LogP) is 2.34. The van der Waals surface area contributed by atoms with Crippen LogP contribution in [0.1, 0.15) is 11.7 Å². The van der Waals surface area contributed by atoms with Crippen molar-refractivity contribution in [2.75, 3.05) is 19.5 Å². The molecule has 0 fully saturated rings. The normalized spacial score (nSPS) is 16.2. The quantitative estimate of drug-likeness (QED) is 0.772. The Labute approximate surface area is 138 Å². The second kappa shape index (κ2) is 5.45. The van der Waals surface area contributed by atoms with E-state index in [0.717, 1.165) is 16.6 Å². The molecular weight excluding hydrogens is 306 g/mol. The van der Waals surface area contributed by atoms with Crippen LogP contribution in [0.15, 0.2) is 47.5 Å². The number of anilines is 1. The van der Waals surface area contributed by atoms with Gasteiger partial charge in [-0.25, -0.2) is 9.98 Å². The van der Waals surface area contributed by atoms with E-state index < -0.39 is 0 Å². The zero-order valence-electron chi connectivity index (χ0n) is 13.4. The summed E-state index contributed by atoms with van der Waals surface area (Å²) in [7, 11) is 3.24. The summed E-state index contributed by atoms with van der Waals surface area (Å²) in [6.45, 7) is 0. The number of ether oxygens (including phenoxy) is 2. The Hall–Kier alpha value is -3.22. The summed E-state index contributed by atoms with van der Waals surface area (Å²) in [6.07, 6.45) is -0.349. The smallest absolute Gasteiger partial charge is 0.212 e. The summed E-state index contributed by atoms with van der Waals surface area (Å²) in [5.41, 5.74) is 8.72. The van der Waals surface area contributed by atoms with Crippen LogP contribution in [-0.4, -0.2) is 29.7 Å². The van der Waals surface area contributed by atoms with Gasteiger partial charge in [-0.05, 0) is 24.3 Å². The maximum atomic E-state index is 5.96. The fourth-order valence-corrected chi connectivity index (χ4v) is 2.92. The van der Waals surface area contributed by atoms with Crippen LogP contribution in [0.5, 0.6) is 11.5 Å². The largest absolute Gasteiger partial charge is 0.497 e. The van der Waals surface area contributed by atoms with E-state index in [1.807, 2.05) is 47.0 Å². The molecule has 0 aliphatic carbocycles. The first kappa shape index (κ1) is 14.4. The number of aromatic nitrogens is 2. The lowest BCUT2D eigenvalue weighted by atomic mass is 10.1. The van der Waals surface area contributed by atoms with Gasteiger partial charge in [0.1, 0.15) is 11.5 Å². The molecule has 3 aromatic rings. The van der Waals surface area contributed by atoms with Crippen LogP contribution in [0.3, 0.4) is 0 Å². The second-order valence-electron chi connectivity index (χ2n) is 5.45. The number of nitrogens with zero attached hydrogens (tertiary/aromatic N) is 3. The van der Waals surface area contributed by atoms with Gasteiger partial charge < -0.3 is 15.2 Å². The summed E-state index contributed by atoms with van der Waals surface area (Å²) in [5, 5.41) is 3.02. The highest BCUT2D eigenvalue weighted by Gasteiger charge is 2.25. The Kier molecular flexibility index (Phi) is 3.26. The molecule has 1 aliphatic heterocycles. The molecule has 7 heteroatoms. The molecule has 0 saturated heterocycles. The van der Waals surface area contributed by atoms with Crippen molar-refractivity contribution in [3.8, 4) is 11.5 Å². The summed E-state index contributed by atoms with van der Waals surface area (Å²) >= 11 is 0. The number of methoxy groups -OCH3 is 2. The zero-order valence-corrected chi connectivity index (χ0v) is 13.4. The number of imidazole rings is 1. The van der Waals surface area contributed by atoms with Gasteiger partial charge in [-0.15, -0.1) is 0 Å². The average molecular weight is 323 g/mol. The SMILES string of the molecule is COc1cc(OC)cc([C@@H]2N=C(N)Nc3nc4ccccc4n32)c1. The van der Waals surface area contributed by atoms with Crippen molar-refractivity contribution in [2.24, 2.45) is 10.7 Å². The van der Waals surface area contributed by atoms with Crippen LogP contribution >= 0.6 is 0 Å². The maximum absolute atomic E-state index is 5.96. The van der Waals surface area contributed by atoms with Crippen molar-refractivity contribution in [1.82, 2.24) is 9.55 Å². The fraction of sp³-hybridized carbons (Fsp3) is 0.176. The molecule has 0 bridgehead atoms. The first-order chi connectivity index (χ1) is 11.7. The highest BCUT2D eigenvalue weighted by Crippen LogP contribution is 2.35. The maximum Gasteiger partial charge on any atom is 0.212 e. The highest BCUT2D eigenvalue weighted by atomic mass is 16.5. The average Bonchev–Trinajstić information content (AvgIpc) is 2.98. The number of aliphatic imine (C=N–C) groups is 1. The van der Waals surface area contributed by atoms with Gasteiger partial charge in [0.15, 0.2) is 12.1 Å². The zero-order chi connectivity index (χ0) is 16.7. The van der Waals surface area contributed by atoms with Gasteiger partial charge in [-0.3, -0.25) is 9.88 Å². The number of nitrogens with two attached hydrogens (primary N) is 1. The lowest BCUT2D eigenvalue weighted by molar-refractivity contribution is 0.392. The Balaban J connectivity index is 1.94. The molecule has 1 aliphatic rings. The monoisotopic (exact) mass is 323 g/mol. The Morgan fingerprint density at radius 2 is 1.79 bits per heavy atom. The minimum atomic E-state index is -0.349. The molecule has 0 amide bonds. The number of fused-ring (bicyclic) bond motifs is 3. The Morgan fingerprint density at radius 1 is 1.08 bits per heavy atom. The number of hydrogen-bond donors (Lipinski definition) is 2. The van der Waals surface area contributed by atoms with Crippen LogP contribution in [0.4, 0.5) is 5.95 Å². The molecule has 1 atom stereocenters. The van der Waals surface area contributed by atoms with E-state index in [4.69, 9.17) is 15.2 Å². The first-order valence-corrected chi connectivity index (χ1v) is 7.50. The van der Waals surface area contributed by atoms with Gasteiger partial charge in [0.2, 0.25) is 5.95 Å². The summed E-state index contributed by atoms with van der Waals surface area (Å²) in [4.78, 5) is 9.16. The Morgan fingerprint density at radius 3 is 2.50 bits per heavy atom. The topological polar surface area (TPSA) is 86.7 Å². The molecule has 0 radical (unpaired) electrons. The molecule has 0 unspecified atom stereocenters. The molecule has 3 N–H and O–H groups in total. The number of rotatable bonds is 3. The molecule has 2 aromatic carbocycles. The summed E-state index contributed by atoms with van der Waals surface area (Å²) in [5.74, 6) is 2.38. The molecule has 4 rings (SSSR count). The minimum Gasteiger partial charge on any atom is -0.497 e. The lowest BCUT2D eigenvalue weighted by Crippen LogP contribution is -2.31. The number of benzene rings is 2. The molecule has 0 saturated carbocycles. The standard InChI is InChI=1S/C17H17N5O2/c1-23-11-7-10(8-12(9-11)24-2)15-20-16(18)21-17-19-13-5-3-4-6-14(13)22(15)17/h3-9,15H,1-2H3,(H3,18,19,20,21)/t15-/m1/s1. The van der Waals surface area contributed by atoms with Crippen molar-refractivity contribution in [2.45, 2.75) is 6.17 Å².